The van der Waals surface area contributed by atoms with E-state index in [0.717, 1.165) is 6.07 Å². The number of hydrogen-bond donors (Lipinski definition) is 1. The van der Waals surface area contributed by atoms with Gasteiger partial charge in [0.2, 0.25) is 0 Å². The van der Waals surface area contributed by atoms with Gasteiger partial charge in [0, 0.05) is 11.3 Å². The number of carbonyl (C=O) groups is 2. The maximum atomic E-state index is 13.7. The second-order valence-corrected chi connectivity index (χ2v) is 5.74. The molecule has 0 aliphatic rings. The SMILES string of the molecule is O=C(Nc1ccc(OC(=O)c2c(F)cccc2Cl)cc1)c1ccccc1. The molecule has 3 rings (SSSR count). The highest BCUT2D eigenvalue weighted by Gasteiger charge is 2.18. The zero-order chi connectivity index (χ0) is 18.5. The third kappa shape index (κ3) is 4.07. The number of carbonyl (C=O) groups excluding carboxylic acids is 2. The highest BCUT2D eigenvalue weighted by molar-refractivity contribution is 6.33. The van der Waals surface area contributed by atoms with E-state index in [1.807, 2.05) is 6.07 Å². The highest BCUT2D eigenvalue weighted by Crippen LogP contribution is 2.22. The van der Waals surface area contributed by atoms with Gasteiger partial charge >= 0.3 is 5.97 Å². The van der Waals surface area contributed by atoms with Gasteiger partial charge in [0.25, 0.3) is 5.91 Å². The minimum Gasteiger partial charge on any atom is -0.423 e. The molecule has 3 aromatic rings. The summed E-state index contributed by atoms with van der Waals surface area (Å²) in [5, 5.41) is 2.70. The lowest BCUT2D eigenvalue weighted by atomic mass is 10.2. The van der Waals surface area contributed by atoms with Crippen LogP contribution in [0.2, 0.25) is 5.02 Å². The Hall–Kier alpha value is -3.18. The van der Waals surface area contributed by atoms with Gasteiger partial charge in [-0.05, 0) is 48.5 Å². The van der Waals surface area contributed by atoms with Crippen LogP contribution < -0.4 is 10.1 Å². The third-order valence-corrected chi connectivity index (χ3v) is 3.84. The van der Waals surface area contributed by atoms with E-state index < -0.39 is 11.8 Å². The summed E-state index contributed by atoms with van der Waals surface area (Å²) in [6.45, 7) is 0. The summed E-state index contributed by atoms with van der Waals surface area (Å²) >= 11 is 5.84. The van der Waals surface area contributed by atoms with Gasteiger partial charge in [0.05, 0.1) is 5.02 Å². The summed E-state index contributed by atoms with van der Waals surface area (Å²) in [6.07, 6.45) is 0. The average molecular weight is 370 g/mol. The molecule has 0 heterocycles. The summed E-state index contributed by atoms with van der Waals surface area (Å²) < 4.78 is 18.9. The Morgan fingerprint density at radius 2 is 1.58 bits per heavy atom. The Morgan fingerprint density at radius 1 is 0.885 bits per heavy atom. The van der Waals surface area contributed by atoms with Crippen LogP contribution in [-0.4, -0.2) is 11.9 Å². The topological polar surface area (TPSA) is 55.4 Å². The monoisotopic (exact) mass is 369 g/mol. The quantitative estimate of drug-likeness (QED) is 0.523. The molecule has 0 aromatic heterocycles. The smallest absolute Gasteiger partial charge is 0.348 e. The van der Waals surface area contributed by atoms with Crippen molar-refractivity contribution in [1.29, 1.82) is 0 Å². The number of esters is 1. The second-order valence-electron chi connectivity index (χ2n) is 5.33. The van der Waals surface area contributed by atoms with Gasteiger partial charge < -0.3 is 10.1 Å². The van der Waals surface area contributed by atoms with Crippen LogP contribution >= 0.6 is 11.6 Å². The van der Waals surface area contributed by atoms with Gasteiger partial charge in [-0.1, -0.05) is 35.9 Å². The van der Waals surface area contributed by atoms with Crippen molar-refractivity contribution in [3.05, 3.63) is 94.8 Å². The molecular weight excluding hydrogens is 357 g/mol. The van der Waals surface area contributed by atoms with Crippen LogP contribution in [0.15, 0.2) is 72.8 Å². The van der Waals surface area contributed by atoms with Gasteiger partial charge in [-0.25, -0.2) is 9.18 Å². The van der Waals surface area contributed by atoms with Crippen molar-refractivity contribution in [2.75, 3.05) is 5.32 Å². The van der Waals surface area contributed by atoms with Crippen LogP contribution in [0.25, 0.3) is 0 Å². The molecule has 0 saturated heterocycles. The predicted octanol–water partition coefficient (Wildman–Crippen LogP) is 4.95. The fraction of sp³-hybridized carbons (Fsp3) is 0. The molecule has 0 radical (unpaired) electrons. The van der Waals surface area contributed by atoms with Crippen LogP contribution in [0.5, 0.6) is 5.75 Å². The first-order chi connectivity index (χ1) is 12.5. The fourth-order valence-corrected chi connectivity index (χ4v) is 2.49. The lowest BCUT2D eigenvalue weighted by Crippen LogP contribution is -2.12. The van der Waals surface area contributed by atoms with Crippen molar-refractivity contribution in [2.24, 2.45) is 0 Å². The largest absolute Gasteiger partial charge is 0.423 e. The van der Waals surface area contributed by atoms with Crippen molar-refractivity contribution in [3.8, 4) is 5.75 Å². The number of hydrogen-bond acceptors (Lipinski definition) is 3. The van der Waals surface area contributed by atoms with E-state index in [1.165, 1.54) is 24.3 Å². The third-order valence-electron chi connectivity index (χ3n) is 3.53. The summed E-state index contributed by atoms with van der Waals surface area (Å²) in [5.41, 5.74) is 0.732. The molecule has 1 amide bonds. The molecule has 0 bridgehead atoms. The molecule has 0 spiro atoms. The molecule has 4 nitrogen and oxygen atoms in total. The van der Waals surface area contributed by atoms with E-state index >= 15 is 0 Å². The predicted molar refractivity (Wildman–Crippen MR) is 97.2 cm³/mol. The summed E-state index contributed by atoms with van der Waals surface area (Å²) in [4.78, 5) is 24.2. The molecular formula is C20H13ClFNO3. The molecule has 3 aromatic carbocycles. The normalized spacial score (nSPS) is 10.2. The van der Waals surface area contributed by atoms with Gasteiger partial charge in [-0.3, -0.25) is 4.79 Å². The van der Waals surface area contributed by atoms with Crippen molar-refractivity contribution in [1.82, 2.24) is 0 Å². The first-order valence-corrected chi connectivity index (χ1v) is 8.05. The summed E-state index contributed by atoms with van der Waals surface area (Å²) in [5.74, 6) is -1.70. The molecule has 130 valence electrons. The first kappa shape index (κ1) is 17.6. The fourth-order valence-electron chi connectivity index (χ4n) is 2.25. The maximum absolute atomic E-state index is 13.7. The van der Waals surface area contributed by atoms with E-state index in [2.05, 4.69) is 5.32 Å². The molecule has 1 N–H and O–H groups in total. The van der Waals surface area contributed by atoms with Crippen LogP contribution in [0.1, 0.15) is 20.7 Å². The second kappa shape index (κ2) is 7.80. The zero-order valence-corrected chi connectivity index (χ0v) is 14.2. The lowest BCUT2D eigenvalue weighted by Gasteiger charge is -2.08. The number of benzene rings is 3. The minimum absolute atomic E-state index is 0.0262. The number of halogens is 2. The standard InChI is InChI=1S/C20H13ClFNO3/c21-16-7-4-8-17(22)18(16)20(25)26-15-11-9-14(10-12-15)23-19(24)13-5-2-1-3-6-13/h1-12H,(H,23,24). The van der Waals surface area contributed by atoms with Gasteiger partial charge in [-0.2, -0.15) is 0 Å². The minimum atomic E-state index is -0.894. The van der Waals surface area contributed by atoms with Crippen molar-refractivity contribution in [2.45, 2.75) is 0 Å². The van der Waals surface area contributed by atoms with E-state index in [-0.39, 0.29) is 22.2 Å². The Labute approximate surface area is 154 Å². The number of ether oxygens (including phenoxy) is 1. The van der Waals surface area contributed by atoms with Crippen LogP contribution in [0.3, 0.4) is 0 Å². The molecule has 6 heteroatoms. The van der Waals surface area contributed by atoms with E-state index in [9.17, 15) is 14.0 Å². The van der Waals surface area contributed by atoms with Gasteiger partial charge in [0.1, 0.15) is 17.1 Å². The zero-order valence-electron chi connectivity index (χ0n) is 13.4. The molecule has 0 saturated carbocycles. The van der Waals surface area contributed by atoms with Crippen molar-refractivity contribution < 1.29 is 18.7 Å². The Kier molecular flexibility index (Phi) is 5.29. The first-order valence-electron chi connectivity index (χ1n) is 7.67. The molecule has 0 atom stereocenters. The van der Waals surface area contributed by atoms with E-state index in [1.54, 1.807) is 36.4 Å². The number of nitrogens with one attached hydrogen (secondary N) is 1. The lowest BCUT2D eigenvalue weighted by molar-refractivity contribution is 0.0730. The summed E-state index contributed by atoms with van der Waals surface area (Å²) in [6, 6.07) is 18.8. The molecule has 0 fully saturated rings. The van der Waals surface area contributed by atoms with Crippen LogP contribution in [0.4, 0.5) is 10.1 Å². The van der Waals surface area contributed by atoms with E-state index in [0.29, 0.717) is 11.3 Å². The number of amides is 1. The van der Waals surface area contributed by atoms with E-state index in [4.69, 9.17) is 16.3 Å². The Balaban J connectivity index is 1.68. The van der Waals surface area contributed by atoms with Gasteiger partial charge in [-0.15, -0.1) is 0 Å². The number of rotatable bonds is 4. The van der Waals surface area contributed by atoms with Crippen molar-refractivity contribution >= 4 is 29.2 Å². The Morgan fingerprint density at radius 3 is 2.23 bits per heavy atom. The average Bonchev–Trinajstić information content (AvgIpc) is 2.64. The van der Waals surface area contributed by atoms with Gasteiger partial charge in [0.15, 0.2) is 0 Å². The number of anilines is 1. The van der Waals surface area contributed by atoms with Crippen LogP contribution in [-0.2, 0) is 0 Å². The maximum Gasteiger partial charge on any atom is 0.348 e. The Bertz CT molecular complexity index is 923. The molecule has 0 aliphatic heterocycles. The molecule has 26 heavy (non-hydrogen) atoms. The molecule has 0 aliphatic carbocycles. The van der Waals surface area contributed by atoms with Crippen molar-refractivity contribution in [3.63, 3.8) is 0 Å². The highest BCUT2D eigenvalue weighted by atomic mass is 35.5. The summed E-state index contributed by atoms with van der Waals surface area (Å²) in [7, 11) is 0. The van der Waals surface area contributed by atoms with Crippen LogP contribution in [0, 0.1) is 5.82 Å². The molecule has 0 unspecified atom stereocenters.